The Morgan fingerprint density at radius 3 is 2.94 bits per heavy atom. The van der Waals surface area contributed by atoms with Crippen LogP contribution in [0.2, 0.25) is 0 Å². The van der Waals surface area contributed by atoms with Crippen LogP contribution < -0.4 is 15.0 Å². The fourth-order valence-corrected chi connectivity index (χ4v) is 1.39. The second-order valence-electron chi connectivity index (χ2n) is 3.79. The third kappa shape index (κ3) is 5.29. The van der Waals surface area contributed by atoms with Gasteiger partial charge >= 0.3 is 0 Å². The van der Waals surface area contributed by atoms with E-state index in [0.29, 0.717) is 18.4 Å². The minimum atomic E-state index is 0.610. The van der Waals surface area contributed by atoms with Crippen LogP contribution in [-0.2, 0) is 4.74 Å². The standard InChI is InChI=1S/C12H22N4O2/c1-4-18-11-5-6-14-12(15-11)16(2)9-7-13-8-10-17-3/h5-6,13H,4,7-10H2,1-3H3. The number of anilines is 1. The van der Waals surface area contributed by atoms with E-state index < -0.39 is 0 Å². The van der Waals surface area contributed by atoms with Gasteiger partial charge in [0.2, 0.25) is 11.8 Å². The highest BCUT2D eigenvalue weighted by atomic mass is 16.5. The molecule has 0 aliphatic carbocycles. The monoisotopic (exact) mass is 254 g/mol. The first-order valence-corrected chi connectivity index (χ1v) is 6.14. The SMILES string of the molecule is CCOc1ccnc(N(C)CCNCCOC)n1. The first-order chi connectivity index (χ1) is 8.77. The van der Waals surface area contributed by atoms with E-state index in [-0.39, 0.29) is 0 Å². The summed E-state index contributed by atoms with van der Waals surface area (Å²) in [5, 5.41) is 3.27. The lowest BCUT2D eigenvalue weighted by Crippen LogP contribution is -2.31. The number of hydrogen-bond donors (Lipinski definition) is 1. The zero-order chi connectivity index (χ0) is 13.2. The molecular formula is C12H22N4O2. The summed E-state index contributed by atoms with van der Waals surface area (Å²) >= 11 is 0. The Kier molecular flexibility index (Phi) is 7.05. The molecule has 0 aliphatic rings. The fourth-order valence-electron chi connectivity index (χ4n) is 1.39. The molecular weight excluding hydrogens is 232 g/mol. The minimum absolute atomic E-state index is 0.610. The predicted octanol–water partition coefficient (Wildman–Crippen LogP) is 0.547. The van der Waals surface area contributed by atoms with Gasteiger partial charge in [0, 0.05) is 46.1 Å². The van der Waals surface area contributed by atoms with Gasteiger partial charge in [-0.2, -0.15) is 4.98 Å². The van der Waals surface area contributed by atoms with Crippen LogP contribution >= 0.6 is 0 Å². The Morgan fingerprint density at radius 1 is 1.39 bits per heavy atom. The molecule has 0 fully saturated rings. The third-order valence-electron chi connectivity index (χ3n) is 2.36. The van der Waals surface area contributed by atoms with Crippen molar-refractivity contribution in [3.63, 3.8) is 0 Å². The van der Waals surface area contributed by atoms with Crippen molar-refractivity contribution in [1.29, 1.82) is 0 Å². The highest BCUT2D eigenvalue weighted by Gasteiger charge is 2.05. The molecule has 0 aliphatic heterocycles. The van der Waals surface area contributed by atoms with Gasteiger partial charge in [0.25, 0.3) is 0 Å². The number of aromatic nitrogens is 2. The van der Waals surface area contributed by atoms with E-state index in [1.807, 2.05) is 18.9 Å². The fraction of sp³-hybridized carbons (Fsp3) is 0.667. The van der Waals surface area contributed by atoms with Crippen molar-refractivity contribution in [2.75, 3.05) is 51.9 Å². The van der Waals surface area contributed by atoms with Crippen molar-refractivity contribution in [3.05, 3.63) is 12.3 Å². The molecule has 6 nitrogen and oxygen atoms in total. The summed E-state index contributed by atoms with van der Waals surface area (Å²) in [6.45, 7) is 5.82. The molecule has 0 bridgehead atoms. The molecule has 1 aromatic heterocycles. The highest BCUT2D eigenvalue weighted by molar-refractivity contribution is 5.30. The number of hydrogen-bond acceptors (Lipinski definition) is 6. The Morgan fingerprint density at radius 2 is 2.22 bits per heavy atom. The van der Waals surface area contributed by atoms with Gasteiger partial charge in [-0.25, -0.2) is 4.98 Å². The lowest BCUT2D eigenvalue weighted by atomic mass is 10.5. The quantitative estimate of drug-likeness (QED) is 0.649. The molecule has 102 valence electrons. The van der Waals surface area contributed by atoms with Crippen LogP contribution in [0.15, 0.2) is 12.3 Å². The molecule has 1 N–H and O–H groups in total. The van der Waals surface area contributed by atoms with E-state index in [1.165, 1.54) is 0 Å². The van der Waals surface area contributed by atoms with Crippen molar-refractivity contribution in [2.24, 2.45) is 0 Å². The van der Waals surface area contributed by atoms with Crippen LogP contribution in [0, 0.1) is 0 Å². The number of nitrogens with zero attached hydrogens (tertiary/aromatic N) is 3. The number of rotatable bonds is 9. The molecule has 0 amide bonds. The van der Waals surface area contributed by atoms with Crippen LogP contribution in [0.25, 0.3) is 0 Å². The molecule has 0 saturated heterocycles. The van der Waals surface area contributed by atoms with Gasteiger partial charge in [-0.05, 0) is 6.92 Å². The molecule has 0 spiro atoms. The summed E-state index contributed by atoms with van der Waals surface area (Å²) in [6.07, 6.45) is 1.71. The average Bonchev–Trinajstić information content (AvgIpc) is 2.39. The zero-order valence-corrected chi connectivity index (χ0v) is 11.3. The van der Waals surface area contributed by atoms with Crippen molar-refractivity contribution >= 4 is 5.95 Å². The molecule has 1 aromatic rings. The smallest absolute Gasteiger partial charge is 0.228 e. The first kappa shape index (κ1) is 14.7. The summed E-state index contributed by atoms with van der Waals surface area (Å²) in [7, 11) is 3.66. The molecule has 0 saturated carbocycles. The van der Waals surface area contributed by atoms with Gasteiger partial charge in [-0.15, -0.1) is 0 Å². The Labute approximate surface area is 108 Å². The van der Waals surface area contributed by atoms with E-state index in [4.69, 9.17) is 9.47 Å². The van der Waals surface area contributed by atoms with Crippen LogP contribution in [0.3, 0.4) is 0 Å². The van der Waals surface area contributed by atoms with E-state index in [9.17, 15) is 0 Å². The van der Waals surface area contributed by atoms with E-state index in [0.717, 1.165) is 26.2 Å². The largest absolute Gasteiger partial charge is 0.478 e. The lowest BCUT2D eigenvalue weighted by molar-refractivity contribution is 0.200. The highest BCUT2D eigenvalue weighted by Crippen LogP contribution is 2.10. The molecule has 0 aromatic carbocycles. The number of likely N-dealkylation sites (N-methyl/N-ethyl adjacent to an activating group) is 1. The normalized spacial score (nSPS) is 10.4. The second-order valence-corrected chi connectivity index (χ2v) is 3.79. The molecule has 6 heteroatoms. The molecule has 18 heavy (non-hydrogen) atoms. The van der Waals surface area contributed by atoms with Gasteiger partial charge in [0.05, 0.1) is 13.2 Å². The number of ether oxygens (including phenoxy) is 2. The van der Waals surface area contributed by atoms with Crippen LogP contribution in [0.1, 0.15) is 6.92 Å². The molecule has 1 rings (SSSR count). The lowest BCUT2D eigenvalue weighted by Gasteiger charge is -2.17. The summed E-state index contributed by atoms with van der Waals surface area (Å²) in [4.78, 5) is 10.5. The van der Waals surface area contributed by atoms with Gasteiger partial charge in [0.1, 0.15) is 0 Å². The second kappa shape index (κ2) is 8.66. The van der Waals surface area contributed by atoms with Gasteiger partial charge < -0.3 is 19.7 Å². The Balaban J connectivity index is 2.36. The van der Waals surface area contributed by atoms with E-state index >= 15 is 0 Å². The van der Waals surface area contributed by atoms with Gasteiger partial charge in [0.15, 0.2) is 0 Å². The summed E-state index contributed by atoms with van der Waals surface area (Å²) in [5.74, 6) is 1.29. The summed E-state index contributed by atoms with van der Waals surface area (Å²) in [5.41, 5.74) is 0. The van der Waals surface area contributed by atoms with Crippen LogP contribution in [0.4, 0.5) is 5.95 Å². The van der Waals surface area contributed by atoms with E-state index in [1.54, 1.807) is 19.4 Å². The van der Waals surface area contributed by atoms with Gasteiger partial charge in [-0.1, -0.05) is 0 Å². The van der Waals surface area contributed by atoms with E-state index in [2.05, 4.69) is 15.3 Å². The Hall–Kier alpha value is -1.40. The minimum Gasteiger partial charge on any atom is -0.478 e. The van der Waals surface area contributed by atoms with Crippen molar-refractivity contribution in [2.45, 2.75) is 6.92 Å². The molecule has 0 unspecified atom stereocenters. The Bertz CT molecular complexity index is 336. The predicted molar refractivity (Wildman–Crippen MR) is 71.2 cm³/mol. The number of nitrogens with one attached hydrogen (secondary N) is 1. The average molecular weight is 254 g/mol. The molecule has 0 atom stereocenters. The third-order valence-corrected chi connectivity index (χ3v) is 2.36. The summed E-state index contributed by atoms with van der Waals surface area (Å²) < 4.78 is 10.3. The number of methoxy groups -OCH3 is 1. The first-order valence-electron chi connectivity index (χ1n) is 6.14. The zero-order valence-electron chi connectivity index (χ0n) is 11.3. The molecule has 1 heterocycles. The van der Waals surface area contributed by atoms with Gasteiger partial charge in [-0.3, -0.25) is 0 Å². The maximum Gasteiger partial charge on any atom is 0.228 e. The maximum absolute atomic E-state index is 5.34. The van der Waals surface area contributed by atoms with Crippen molar-refractivity contribution < 1.29 is 9.47 Å². The topological polar surface area (TPSA) is 59.5 Å². The van der Waals surface area contributed by atoms with Crippen LogP contribution in [0.5, 0.6) is 5.88 Å². The van der Waals surface area contributed by atoms with Crippen LogP contribution in [-0.4, -0.2) is 57.0 Å². The maximum atomic E-state index is 5.34. The van der Waals surface area contributed by atoms with Crippen molar-refractivity contribution in [3.8, 4) is 5.88 Å². The summed E-state index contributed by atoms with van der Waals surface area (Å²) in [6, 6.07) is 1.76. The molecule has 0 radical (unpaired) electrons. The van der Waals surface area contributed by atoms with Crippen molar-refractivity contribution in [1.82, 2.24) is 15.3 Å².